The molecule has 0 aliphatic heterocycles. The first kappa shape index (κ1) is 18.6. The van der Waals surface area contributed by atoms with Crippen LogP contribution in [0.4, 0.5) is 10.5 Å². The minimum Gasteiger partial charge on any atom is -0.444 e. The first-order chi connectivity index (χ1) is 14.2. The van der Waals surface area contributed by atoms with Gasteiger partial charge < -0.3 is 19.6 Å². The topological polar surface area (TPSA) is 72.1 Å². The van der Waals surface area contributed by atoms with Crippen molar-refractivity contribution in [2.45, 2.75) is 13.3 Å². The number of carbonyl (C=O) groups excluding carboxylic acids is 1. The third-order valence-corrected chi connectivity index (χ3v) is 4.52. The molecule has 6 nitrogen and oxygen atoms in total. The third-order valence-electron chi connectivity index (χ3n) is 4.52. The van der Waals surface area contributed by atoms with Crippen LogP contribution in [-0.2, 0) is 6.42 Å². The van der Waals surface area contributed by atoms with Crippen LogP contribution in [0.1, 0.15) is 11.3 Å². The van der Waals surface area contributed by atoms with E-state index in [-0.39, 0.29) is 6.03 Å². The average Bonchev–Trinajstić information content (AvgIpc) is 3.41. The number of nitrogens with zero attached hydrogens (tertiary/aromatic N) is 2. The van der Waals surface area contributed by atoms with Gasteiger partial charge in [-0.25, -0.2) is 9.78 Å². The monoisotopic (exact) mass is 386 g/mol. The predicted molar refractivity (Wildman–Crippen MR) is 113 cm³/mol. The SMILES string of the molecule is Cc1ccc(-c2nc(CCNC(=O)Nc3cccc(-n4cccc4)c3)co2)cc1. The van der Waals surface area contributed by atoms with Crippen molar-refractivity contribution in [2.75, 3.05) is 11.9 Å². The summed E-state index contributed by atoms with van der Waals surface area (Å²) in [5.41, 5.74) is 4.65. The van der Waals surface area contributed by atoms with Crippen molar-refractivity contribution >= 4 is 11.7 Å². The van der Waals surface area contributed by atoms with E-state index in [9.17, 15) is 4.79 Å². The van der Waals surface area contributed by atoms with Gasteiger partial charge in [-0.15, -0.1) is 0 Å². The number of anilines is 1. The number of hydrogen-bond donors (Lipinski definition) is 2. The number of aryl methyl sites for hydroxylation is 1. The predicted octanol–water partition coefficient (Wildman–Crippen LogP) is 4.80. The van der Waals surface area contributed by atoms with E-state index in [2.05, 4.69) is 15.6 Å². The molecule has 0 radical (unpaired) electrons. The van der Waals surface area contributed by atoms with E-state index in [1.54, 1.807) is 6.26 Å². The van der Waals surface area contributed by atoms with Crippen LogP contribution < -0.4 is 10.6 Å². The molecular weight excluding hydrogens is 364 g/mol. The molecule has 0 atom stereocenters. The van der Waals surface area contributed by atoms with Gasteiger partial charge in [0.05, 0.1) is 5.69 Å². The van der Waals surface area contributed by atoms with Crippen molar-refractivity contribution in [1.29, 1.82) is 0 Å². The molecule has 146 valence electrons. The van der Waals surface area contributed by atoms with Crippen LogP contribution in [-0.4, -0.2) is 22.1 Å². The number of nitrogens with one attached hydrogen (secondary N) is 2. The highest BCUT2D eigenvalue weighted by molar-refractivity contribution is 5.89. The highest BCUT2D eigenvalue weighted by Gasteiger charge is 2.08. The molecule has 2 amide bonds. The Hall–Kier alpha value is -3.80. The van der Waals surface area contributed by atoms with E-state index in [0.717, 1.165) is 22.6 Å². The Balaban J connectivity index is 1.28. The summed E-state index contributed by atoms with van der Waals surface area (Å²) in [5, 5.41) is 5.71. The minimum absolute atomic E-state index is 0.253. The van der Waals surface area contributed by atoms with Crippen molar-refractivity contribution < 1.29 is 9.21 Å². The lowest BCUT2D eigenvalue weighted by Gasteiger charge is -2.09. The van der Waals surface area contributed by atoms with Crippen LogP contribution in [0.3, 0.4) is 0 Å². The standard InChI is InChI=1S/C23H22N4O2/c1-17-7-9-18(10-8-17)22-25-20(16-29-22)11-12-24-23(28)26-19-5-4-6-21(15-19)27-13-2-3-14-27/h2-10,13-16H,11-12H2,1H3,(H2,24,26,28). The summed E-state index contributed by atoms with van der Waals surface area (Å²) in [6.45, 7) is 2.50. The highest BCUT2D eigenvalue weighted by Crippen LogP contribution is 2.19. The van der Waals surface area contributed by atoms with Gasteiger partial charge in [0.2, 0.25) is 5.89 Å². The zero-order chi connectivity index (χ0) is 20.1. The number of benzene rings is 2. The molecule has 2 heterocycles. The van der Waals surface area contributed by atoms with Crippen LogP contribution in [0.25, 0.3) is 17.1 Å². The lowest BCUT2D eigenvalue weighted by atomic mass is 10.1. The summed E-state index contributed by atoms with van der Waals surface area (Å²) in [4.78, 5) is 16.7. The van der Waals surface area contributed by atoms with Crippen molar-refractivity contribution in [2.24, 2.45) is 0 Å². The summed E-state index contributed by atoms with van der Waals surface area (Å²) in [7, 11) is 0. The Kier molecular flexibility index (Phi) is 5.42. The van der Waals surface area contributed by atoms with Gasteiger partial charge in [-0.2, -0.15) is 0 Å². The van der Waals surface area contributed by atoms with E-state index >= 15 is 0 Å². The molecule has 2 N–H and O–H groups in total. The van der Waals surface area contributed by atoms with Gasteiger partial charge in [-0.3, -0.25) is 0 Å². The Morgan fingerprint density at radius 2 is 1.86 bits per heavy atom. The quantitative estimate of drug-likeness (QED) is 0.500. The number of carbonyl (C=O) groups is 1. The molecule has 4 aromatic rings. The molecule has 0 unspecified atom stereocenters. The molecule has 0 fully saturated rings. The Morgan fingerprint density at radius 1 is 1.07 bits per heavy atom. The molecule has 0 bridgehead atoms. The molecular formula is C23H22N4O2. The number of oxazole rings is 1. The Bertz CT molecular complexity index is 1080. The fourth-order valence-corrected chi connectivity index (χ4v) is 2.98. The van der Waals surface area contributed by atoms with Gasteiger partial charge in [0.1, 0.15) is 6.26 Å². The largest absolute Gasteiger partial charge is 0.444 e. The van der Waals surface area contributed by atoms with E-state index in [1.165, 1.54) is 5.56 Å². The lowest BCUT2D eigenvalue weighted by Crippen LogP contribution is -2.30. The van der Waals surface area contributed by atoms with Crippen LogP contribution in [0.15, 0.2) is 83.7 Å². The number of urea groups is 1. The van der Waals surface area contributed by atoms with Gasteiger partial charge >= 0.3 is 6.03 Å². The van der Waals surface area contributed by atoms with Gasteiger partial charge in [0, 0.05) is 42.3 Å². The molecule has 2 aromatic carbocycles. The molecule has 4 rings (SSSR count). The summed E-state index contributed by atoms with van der Waals surface area (Å²) >= 11 is 0. The minimum atomic E-state index is -0.253. The fraction of sp³-hybridized carbons (Fsp3) is 0.130. The molecule has 6 heteroatoms. The molecule has 29 heavy (non-hydrogen) atoms. The number of rotatable bonds is 6. The van der Waals surface area contributed by atoms with E-state index in [4.69, 9.17) is 4.42 Å². The molecule has 0 spiro atoms. The normalized spacial score (nSPS) is 10.7. The fourth-order valence-electron chi connectivity index (χ4n) is 2.98. The van der Waals surface area contributed by atoms with Crippen molar-refractivity contribution in [3.8, 4) is 17.1 Å². The van der Waals surface area contributed by atoms with Crippen LogP contribution >= 0.6 is 0 Å². The van der Waals surface area contributed by atoms with Gasteiger partial charge in [0.25, 0.3) is 0 Å². The van der Waals surface area contributed by atoms with E-state index < -0.39 is 0 Å². The Morgan fingerprint density at radius 3 is 2.66 bits per heavy atom. The second kappa shape index (κ2) is 8.48. The smallest absolute Gasteiger partial charge is 0.319 e. The summed E-state index contributed by atoms with van der Waals surface area (Å²) < 4.78 is 7.54. The van der Waals surface area contributed by atoms with Crippen molar-refractivity contribution in [1.82, 2.24) is 14.9 Å². The Labute approximate surface area is 169 Å². The molecule has 0 saturated carbocycles. The zero-order valence-electron chi connectivity index (χ0n) is 16.1. The summed E-state index contributed by atoms with van der Waals surface area (Å²) in [5.74, 6) is 0.589. The number of aromatic nitrogens is 2. The van der Waals surface area contributed by atoms with Crippen molar-refractivity contribution in [3.05, 3.63) is 90.6 Å². The molecule has 0 aliphatic rings. The third kappa shape index (κ3) is 4.73. The lowest BCUT2D eigenvalue weighted by molar-refractivity contribution is 0.252. The van der Waals surface area contributed by atoms with Gasteiger partial charge in [-0.05, 0) is 49.4 Å². The maximum absolute atomic E-state index is 12.2. The summed E-state index contributed by atoms with van der Waals surface area (Å²) in [6, 6.07) is 19.4. The van der Waals surface area contributed by atoms with Crippen LogP contribution in [0, 0.1) is 6.92 Å². The second-order valence-corrected chi connectivity index (χ2v) is 6.78. The summed E-state index contributed by atoms with van der Waals surface area (Å²) in [6.07, 6.45) is 6.14. The van der Waals surface area contributed by atoms with Gasteiger partial charge in [0.15, 0.2) is 0 Å². The van der Waals surface area contributed by atoms with Crippen LogP contribution in [0.2, 0.25) is 0 Å². The average molecular weight is 386 g/mol. The van der Waals surface area contributed by atoms with E-state index in [0.29, 0.717) is 18.9 Å². The molecule has 0 aliphatic carbocycles. The maximum atomic E-state index is 12.2. The molecule has 0 saturated heterocycles. The molecule has 2 aromatic heterocycles. The van der Waals surface area contributed by atoms with Gasteiger partial charge in [-0.1, -0.05) is 23.8 Å². The number of hydrogen-bond acceptors (Lipinski definition) is 3. The zero-order valence-corrected chi connectivity index (χ0v) is 16.1. The van der Waals surface area contributed by atoms with Crippen molar-refractivity contribution in [3.63, 3.8) is 0 Å². The number of amides is 2. The first-order valence-electron chi connectivity index (χ1n) is 9.47. The second-order valence-electron chi connectivity index (χ2n) is 6.78. The first-order valence-corrected chi connectivity index (χ1v) is 9.47. The van der Waals surface area contributed by atoms with Crippen LogP contribution in [0.5, 0.6) is 0 Å². The maximum Gasteiger partial charge on any atom is 0.319 e. The highest BCUT2D eigenvalue weighted by atomic mass is 16.3. The van der Waals surface area contributed by atoms with E-state index in [1.807, 2.05) is 84.5 Å².